The van der Waals surface area contributed by atoms with E-state index in [0.29, 0.717) is 0 Å². The molecule has 0 unspecified atom stereocenters. The van der Waals surface area contributed by atoms with Crippen molar-refractivity contribution >= 4 is 5.82 Å². The number of rotatable bonds is 4. The monoisotopic (exact) mass is 224 g/mol. The lowest BCUT2D eigenvalue weighted by atomic mass is 10.1. The molecular formula is C12H20N2O2. The molecule has 2 N–H and O–H groups in total. The Morgan fingerprint density at radius 3 is 2.44 bits per heavy atom. The second-order valence-electron chi connectivity index (χ2n) is 4.66. The molecule has 0 aromatic carbocycles. The summed E-state index contributed by atoms with van der Waals surface area (Å²) in [5.74, 6) is 0.781. The van der Waals surface area contributed by atoms with Crippen LogP contribution in [-0.4, -0.2) is 34.4 Å². The fourth-order valence-electron chi connectivity index (χ4n) is 1.26. The van der Waals surface area contributed by atoms with Gasteiger partial charge in [0.1, 0.15) is 5.82 Å². The summed E-state index contributed by atoms with van der Waals surface area (Å²) in [4.78, 5) is 6.18. The number of aromatic nitrogens is 1. The number of hydrogen-bond donors (Lipinski definition) is 2. The zero-order valence-electron chi connectivity index (χ0n) is 10.3. The van der Waals surface area contributed by atoms with E-state index in [9.17, 15) is 10.2 Å². The van der Waals surface area contributed by atoms with Crippen LogP contribution in [0.25, 0.3) is 0 Å². The summed E-state index contributed by atoms with van der Waals surface area (Å²) in [6.45, 7) is 5.65. The van der Waals surface area contributed by atoms with Crippen LogP contribution < -0.4 is 4.90 Å². The Bertz CT molecular complexity index is 333. The third kappa shape index (κ3) is 2.71. The van der Waals surface area contributed by atoms with Crippen molar-refractivity contribution in [3.8, 4) is 0 Å². The zero-order valence-corrected chi connectivity index (χ0v) is 10.3. The van der Waals surface area contributed by atoms with Gasteiger partial charge >= 0.3 is 0 Å². The maximum atomic E-state index is 9.37. The second-order valence-corrected chi connectivity index (χ2v) is 4.66. The molecule has 0 bridgehead atoms. The molecule has 0 aliphatic carbocycles. The molecule has 1 aromatic heterocycles. The van der Waals surface area contributed by atoms with E-state index in [4.69, 9.17) is 0 Å². The summed E-state index contributed by atoms with van der Waals surface area (Å²) in [5, 5.41) is 18.6. The summed E-state index contributed by atoms with van der Waals surface area (Å²) in [6, 6.07) is 3.69. The lowest BCUT2D eigenvalue weighted by molar-refractivity contribution is 0.198. The van der Waals surface area contributed by atoms with Crippen molar-refractivity contribution in [2.75, 3.05) is 18.6 Å². The van der Waals surface area contributed by atoms with E-state index in [1.165, 1.54) is 0 Å². The van der Waals surface area contributed by atoms with Crippen molar-refractivity contribution in [3.63, 3.8) is 0 Å². The van der Waals surface area contributed by atoms with Crippen LogP contribution in [0.2, 0.25) is 0 Å². The molecule has 4 heteroatoms. The molecule has 0 amide bonds. The van der Waals surface area contributed by atoms with Crippen LogP contribution in [0.1, 0.15) is 32.4 Å². The molecule has 0 radical (unpaired) electrons. The fourth-order valence-corrected chi connectivity index (χ4v) is 1.26. The van der Waals surface area contributed by atoms with E-state index < -0.39 is 6.10 Å². The molecule has 0 fully saturated rings. The first kappa shape index (κ1) is 12.9. The smallest absolute Gasteiger partial charge is 0.128 e. The summed E-state index contributed by atoms with van der Waals surface area (Å²) < 4.78 is 0. The van der Waals surface area contributed by atoms with Crippen LogP contribution in [0.15, 0.2) is 18.3 Å². The van der Waals surface area contributed by atoms with Gasteiger partial charge in [-0.15, -0.1) is 0 Å². The summed E-state index contributed by atoms with van der Waals surface area (Å²) in [7, 11) is 1.89. The molecule has 4 nitrogen and oxygen atoms in total. The zero-order chi connectivity index (χ0) is 12.3. The van der Waals surface area contributed by atoms with Crippen molar-refractivity contribution < 1.29 is 10.2 Å². The quantitative estimate of drug-likeness (QED) is 0.810. The molecule has 0 saturated heterocycles. The van der Waals surface area contributed by atoms with E-state index >= 15 is 0 Å². The van der Waals surface area contributed by atoms with Crippen LogP contribution in [0.5, 0.6) is 0 Å². The molecule has 90 valence electrons. The topological polar surface area (TPSA) is 56.6 Å². The van der Waals surface area contributed by atoms with Gasteiger partial charge in [0.2, 0.25) is 0 Å². The average molecular weight is 224 g/mol. The molecule has 0 saturated carbocycles. The number of anilines is 1. The average Bonchev–Trinajstić information content (AvgIpc) is 2.28. The van der Waals surface area contributed by atoms with Gasteiger partial charge in [-0.05, 0) is 32.4 Å². The highest BCUT2D eigenvalue weighted by atomic mass is 16.3. The highest BCUT2D eigenvalue weighted by Gasteiger charge is 2.23. The van der Waals surface area contributed by atoms with Crippen molar-refractivity contribution in [2.45, 2.75) is 32.4 Å². The van der Waals surface area contributed by atoms with Crippen molar-refractivity contribution in [3.05, 3.63) is 23.9 Å². The Kier molecular flexibility index (Phi) is 3.88. The molecule has 0 aliphatic rings. The first-order chi connectivity index (χ1) is 7.38. The van der Waals surface area contributed by atoms with Gasteiger partial charge in [0, 0.05) is 13.2 Å². The normalized spacial score (nSPS) is 13.6. The van der Waals surface area contributed by atoms with Crippen molar-refractivity contribution in [1.82, 2.24) is 4.98 Å². The second kappa shape index (κ2) is 4.80. The van der Waals surface area contributed by atoms with Crippen LogP contribution in [0.4, 0.5) is 5.82 Å². The first-order valence-electron chi connectivity index (χ1n) is 5.37. The van der Waals surface area contributed by atoms with Crippen LogP contribution in [-0.2, 0) is 0 Å². The molecule has 1 heterocycles. The van der Waals surface area contributed by atoms with Crippen LogP contribution in [0, 0.1) is 0 Å². The Morgan fingerprint density at radius 2 is 2.06 bits per heavy atom. The van der Waals surface area contributed by atoms with E-state index in [2.05, 4.69) is 4.98 Å². The van der Waals surface area contributed by atoms with E-state index in [0.717, 1.165) is 11.4 Å². The van der Waals surface area contributed by atoms with Gasteiger partial charge < -0.3 is 15.1 Å². The SMILES string of the molecule is C[C@@H](O)c1ccc(N(C)C(C)(C)CO)nc1. The number of nitrogens with zero attached hydrogens (tertiary/aromatic N) is 2. The lowest BCUT2D eigenvalue weighted by Crippen LogP contribution is -2.44. The highest BCUT2D eigenvalue weighted by molar-refractivity contribution is 5.41. The maximum Gasteiger partial charge on any atom is 0.128 e. The van der Waals surface area contributed by atoms with Gasteiger partial charge in [-0.2, -0.15) is 0 Å². The van der Waals surface area contributed by atoms with Crippen LogP contribution >= 0.6 is 0 Å². The molecule has 1 aromatic rings. The molecular weight excluding hydrogens is 204 g/mol. The Hall–Kier alpha value is -1.13. The first-order valence-corrected chi connectivity index (χ1v) is 5.37. The summed E-state index contributed by atoms with van der Waals surface area (Å²) >= 11 is 0. The number of likely N-dealkylation sites (N-methyl/N-ethyl adjacent to an activating group) is 1. The Morgan fingerprint density at radius 1 is 1.44 bits per heavy atom. The standard InChI is InChI=1S/C12H20N2O2/c1-9(16)10-5-6-11(13-7-10)14(4)12(2,3)8-15/h5-7,9,15-16H,8H2,1-4H3/t9-/m1/s1. The maximum absolute atomic E-state index is 9.37. The van der Waals surface area contributed by atoms with Gasteiger partial charge in [0.05, 0.1) is 18.2 Å². The Balaban J connectivity index is 2.90. The molecule has 0 spiro atoms. The number of aliphatic hydroxyl groups excluding tert-OH is 2. The number of aliphatic hydroxyl groups is 2. The van der Waals surface area contributed by atoms with E-state index in [-0.39, 0.29) is 12.1 Å². The largest absolute Gasteiger partial charge is 0.394 e. The fraction of sp³-hybridized carbons (Fsp3) is 0.583. The van der Waals surface area contributed by atoms with Crippen molar-refractivity contribution in [1.29, 1.82) is 0 Å². The number of hydrogen-bond acceptors (Lipinski definition) is 4. The van der Waals surface area contributed by atoms with Crippen molar-refractivity contribution in [2.24, 2.45) is 0 Å². The summed E-state index contributed by atoms with van der Waals surface area (Å²) in [6.07, 6.45) is 1.15. The third-order valence-corrected chi connectivity index (χ3v) is 2.89. The third-order valence-electron chi connectivity index (χ3n) is 2.89. The predicted octanol–water partition coefficient (Wildman–Crippen LogP) is 1.34. The van der Waals surface area contributed by atoms with E-state index in [1.807, 2.05) is 37.9 Å². The van der Waals surface area contributed by atoms with Crippen LogP contribution in [0.3, 0.4) is 0 Å². The van der Waals surface area contributed by atoms with E-state index in [1.54, 1.807) is 13.1 Å². The Labute approximate surface area is 96.6 Å². The van der Waals surface area contributed by atoms with Gasteiger partial charge in [-0.3, -0.25) is 0 Å². The predicted molar refractivity (Wildman–Crippen MR) is 64.4 cm³/mol. The van der Waals surface area contributed by atoms with Gasteiger partial charge in [0.25, 0.3) is 0 Å². The van der Waals surface area contributed by atoms with Gasteiger partial charge in [0.15, 0.2) is 0 Å². The minimum absolute atomic E-state index is 0.0589. The molecule has 16 heavy (non-hydrogen) atoms. The minimum atomic E-state index is -0.502. The number of pyridine rings is 1. The minimum Gasteiger partial charge on any atom is -0.394 e. The lowest BCUT2D eigenvalue weighted by Gasteiger charge is -2.34. The highest BCUT2D eigenvalue weighted by Crippen LogP contribution is 2.21. The summed E-state index contributed by atoms with van der Waals surface area (Å²) in [5.41, 5.74) is 0.443. The molecule has 0 aliphatic heterocycles. The van der Waals surface area contributed by atoms with Gasteiger partial charge in [-0.25, -0.2) is 4.98 Å². The molecule has 1 rings (SSSR count). The van der Waals surface area contributed by atoms with Gasteiger partial charge in [-0.1, -0.05) is 6.07 Å². The molecule has 1 atom stereocenters.